The number of nitriles is 1. The Morgan fingerprint density at radius 1 is 1.35 bits per heavy atom. The smallest absolute Gasteiger partial charge is 0.264 e. The summed E-state index contributed by atoms with van der Waals surface area (Å²) in [5, 5.41) is 9.17. The van der Waals surface area contributed by atoms with E-state index in [1.165, 1.54) is 0 Å². The van der Waals surface area contributed by atoms with Crippen molar-refractivity contribution in [2.24, 2.45) is 0 Å². The van der Waals surface area contributed by atoms with Crippen LogP contribution < -0.4 is 4.74 Å². The van der Waals surface area contributed by atoms with Gasteiger partial charge in [0.2, 0.25) is 0 Å². The van der Waals surface area contributed by atoms with Gasteiger partial charge in [0.25, 0.3) is 5.91 Å². The molecule has 4 heteroatoms. The van der Waals surface area contributed by atoms with Gasteiger partial charge in [-0.15, -0.1) is 0 Å². The van der Waals surface area contributed by atoms with Crippen molar-refractivity contribution in [3.05, 3.63) is 35.4 Å². The largest absolute Gasteiger partial charge is 0.494 e. The van der Waals surface area contributed by atoms with Crippen LogP contribution in [0.15, 0.2) is 29.8 Å². The summed E-state index contributed by atoms with van der Waals surface area (Å²) in [7, 11) is 0. The molecule has 1 aromatic carbocycles. The third kappa shape index (κ3) is 3.39. The highest BCUT2D eigenvalue weighted by Gasteiger charge is 2.21. The molecule has 1 aliphatic rings. The second-order valence-electron chi connectivity index (χ2n) is 4.67. The molecule has 0 spiro atoms. The Labute approximate surface area is 119 Å². The molecule has 4 nitrogen and oxygen atoms in total. The van der Waals surface area contributed by atoms with Crippen molar-refractivity contribution in [2.45, 2.75) is 19.8 Å². The summed E-state index contributed by atoms with van der Waals surface area (Å²) in [5.74, 6) is 0.618. The van der Waals surface area contributed by atoms with E-state index in [0.29, 0.717) is 6.61 Å². The third-order valence-electron chi connectivity index (χ3n) is 3.25. The van der Waals surface area contributed by atoms with Gasteiger partial charge in [-0.05, 0) is 43.5 Å². The molecule has 0 aliphatic carbocycles. The topological polar surface area (TPSA) is 53.3 Å². The van der Waals surface area contributed by atoms with Crippen LogP contribution in [-0.2, 0) is 4.79 Å². The fraction of sp³-hybridized carbons (Fsp3) is 0.375. The molecule has 1 heterocycles. The van der Waals surface area contributed by atoms with Gasteiger partial charge in [-0.3, -0.25) is 4.79 Å². The maximum Gasteiger partial charge on any atom is 0.264 e. The van der Waals surface area contributed by atoms with E-state index in [1.807, 2.05) is 37.3 Å². The molecule has 0 atom stereocenters. The van der Waals surface area contributed by atoms with Gasteiger partial charge in [-0.2, -0.15) is 5.26 Å². The number of benzene rings is 1. The molecule has 0 radical (unpaired) electrons. The molecule has 1 amide bonds. The minimum atomic E-state index is -0.168. The van der Waals surface area contributed by atoms with Gasteiger partial charge in [0.05, 0.1) is 6.61 Å². The van der Waals surface area contributed by atoms with Gasteiger partial charge in [0, 0.05) is 13.1 Å². The number of carbonyl (C=O) groups is 1. The van der Waals surface area contributed by atoms with Gasteiger partial charge < -0.3 is 9.64 Å². The van der Waals surface area contributed by atoms with Crippen molar-refractivity contribution in [3.63, 3.8) is 0 Å². The molecule has 0 bridgehead atoms. The highest BCUT2D eigenvalue weighted by Crippen LogP contribution is 2.17. The number of amides is 1. The first kappa shape index (κ1) is 14.1. The van der Waals surface area contributed by atoms with Crippen molar-refractivity contribution in [1.29, 1.82) is 5.26 Å². The lowest BCUT2D eigenvalue weighted by Crippen LogP contribution is -2.28. The zero-order valence-corrected chi connectivity index (χ0v) is 11.6. The summed E-state index contributed by atoms with van der Waals surface area (Å²) in [5.41, 5.74) is 1.02. The van der Waals surface area contributed by atoms with Crippen molar-refractivity contribution in [1.82, 2.24) is 4.90 Å². The lowest BCUT2D eigenvalue weighted by Gasteiger charge is -2.14. The predicted molar refractivity (Wildman–Crippen MR) is 77.0 cm³/mol. The number of hydrogen-bond acceptors (Lipinski definition) is 3. The SMILES string of the molecule is CCOc1ccc(C=C(C#N)C(=O)N2CCCC2)cc1. The van der Waals surface area contributed by atoms with Crippen molar-refractivity contribution in [3.8, 4) is 11.8 Å². The van der Waals surface area contributed by atoms with Crippen molar-refractivity contribution >= 4 is 12.0 Å². The molecule has 104 valence electrons. The van der Waals surface area contributed by atoms with Gasteiger partial charge in [0.1, 0.15) is 17.4 Å². The molecule has 1 aromatic rings. The summed E-state index contributed by atoms with van der Waals surface area (Å²) in [6.45, 7) is 4.05. The molecule has 0 aromatic heterocycles. The Kier molecular flexibility index (Phi) is 4.78. The zero-order valence-electron chi connectivity index (χ0n) is 11.6. The fourth-order valence-corrected chi connectivity index (χ4v) is 2.23. The first-order chi connectivity index (χ1) is 9.74. The second kappa shape index (κ2) is 6.76. The molecule has 0 unspecified atom stereocenters. The minimum Gasteiger partial charge on any atom is -0.494 e. The van der Waals surface area contributed by atoms with Gasteiger partial charge in [-0.25, -0.2) is 0 Å². The molecule has 2 rings (SSSR count). The van der Waals surface area contributed by atoms with Crippen LogP contribution in [0.4, 0.5) is 0 Å². The average Bonchev–Trinajstić information content (AvgIpc) is 3.00. The Morgan fingerprint density at radius 2 is 2.00 bits per heavy atom. The number of likely N-dealkylation sites (tertiary alicyclic amines) is 1. The van der Waals surface area contributed by atoms with E-state index in [0.717, 1.165) is 37.2 Å². The van der Waals surface area contributed by atoms with E-state index in [4.69, 9.17) is 10.00 Å². The Hall–Kier alpha value is -2.28. The molecular formula is C16H18N2O2. The molecule has 0 saturated carbocycles. The maximum absolute atomic E-state index is 12.2. The van der Waals surface area contributed by atoms with Crippen LogP contribution in [0.25, 0.3) is 6.08 Å². The lowest BCUT2D eigenvalue weighted by atomic mass is 10.1. The van der Waals surface area contributed by atoms with E-state index in [1.54, 1.807) is 11.0 Å². The molecule has 20 heavy (non-hydrogen) atoms. The van der Waals surface area contributed by atoms with Crippen LogP contribution in [-0.4, -0.2) is 30.5 Å². The highest BCUT2D eigenvalue weighted by atomic mass is 16.5. The van der Waals surface area contributed by atoms with Crippen LogP contribution >= 0.6 is 0 Å². The fourth-order valence-electron chi connectivity index (χ4n) is 2.23. The van der Waals surface area contributed by atoms with E-state index in [9.17, 15) is 4.79 Å². The summed E-state index contributed by atoms with van der Waals surface area (Å²) in [4.78, 5) is 13.9. The van der Waals surface area contributed by atoms with Crippen LogP contribution in [0.1, 0.15) is 25.3 Å². The normalized spacial score (nSPS) is 15.0. The Morgan fingerprint density at radius 3 is 2.55 bits per heavy atom. The standard InChI is InChI=1S/C16H18N2O2/c1-2-20-15-7-5-13(6-8-15)11-14(12-17)16(19)18-9-3-4-10-18/h5-8,11H,2-4,9-10H2,1H3. The van der Waals surface area contributed by atoms with Crippen LogP contribution in [0.5, 0.6) is 5.75 Å². The summed E-state index contributed by atoms with van der Waals surface area (Å²) < 4.78 is 5.36. The number of nitrogens with zero attached hydrogens (tertiary/aromatic N) is 2. The highest BCUT2D eigenvalue weighted by molar-refractivity contribution is 6.01. The first-order valence-corrected chi connectivity index (χ1v) is 6.88. The summed E-state index contributed by atoms with van der Waals surface area (Å²) >= 11 is 0. The predicted octanol–water partition coefficient (Wildman–Crippen LogP) is 2.61. The molecule has 1 fully saturated rings. The van der Waals surface area contributed by atoms with Crippen LogP contribution in [0.2, 0.25) is 0 Å². The monoisotopic (exact) mass is 270 g/mol. The molecule has 1 saturated heterocycles. The number of hydrogen-bond donors (Lipinski definition) is 0. The zero-order chi connectivity index (χ0) is 14.4. The third-order valence-corrected chi connectivity index (χ3v) is 3.25. The average molecular weight is 270 g/mol. The summed E-state index contributed by atoms with van der Waals surface area (Å²) in [6.07, 6.45) is 3.68. The van der Waals surface area contributed by atoms with Gasteiger partial charge in [0.15, 0.2) is 0 Å². The van der Waals surface area contributed by atoms with E-state index < -0.39 is 0 Å². The number of carbonyl (C=O) groups excluding carboxylic acids is 1. The van der Waals surface area contributed by atoms with E-state index >= 15 is 0 Å². The molecular weight excluding hydrogens is 252 g/mol. The molecule has 0 N–H and O–H groups in total. The Bertz CT molecular complexity index is 535. The number of ether oxygens (including phenoxy) is 1. The van der Waals surface area contributed by atoms with E-state index in [2.05, 4.69) is 0 Å². The molecule has 1 aliphatic heterocycles. The van der Waals surface area contributed by atoms with E-state index in [-0.39, 0.29) is 11.5 Å². The Balaban J connectivity index is 2.13. The minimum absolute atomic E-state index is 0.168. The van der Waals surface area contributed by atoms with Crippen LogP contribution in [0.3, 0.4) is 0 Å². The van der Waals surface area contributed by atoms with Gasteiger partial charge >= 0.3 is 0 Å². The quantitative estimate of drug-likeness (QED) is 0.624. The number of rotatable bonds is 4. The lowest BCUT2D eigenvalue weighted by molar-refractivity contribution is -0.125. The first-order valence-electron chi connectivity index (χ1n) is 6.88. The van der Waals surface area contributed by atoms with Crippen molar-refractivity contribution < 1.29 is 9.53 Å². The summed E-state index contributed by atoms with van der Waals surface area (Å²) in [6, 6.07) is 9.38. The van der Waals surface area contributed by atoms with Crippen LogP contribution in [0, 0.1) is 11.3 Å². The maximum atomic E-state index is 12.2. The van der Waals surface area contributed by atoms with Gasteiger partial charge in [-0.1, -0.05) is 12.1 Å². The second-order valence-corrected chi connectivity index (χ2v) is 4.67. The van der Waals surface area contributed by atoms with Crippen molar-refractivity contribution in [2.75, 3.05) is 19.7 Å².